The van der Waals surface area contributed by atoms with Crippen molar-refractivity contribution in [2.75, 3.05) is 12.3 Å². The van der Waals surface area contributed by atoms with Crippen LogP contribution in [0.5, 0.6) is 5.75 Å². The Balaban J connectivity index is 3.10. The number of nitrogen functional groups attached to an aromatic ring is 1. The van der Waals surface area contributed by atoms with Crippen LogP contribution in [0, 0.1) is 0 Å². The summed E-state index contributed by atoms with van der Waals surface area (Å²) in [4.78, 5) is 14.7. The third-order valence-electron chi connectivity index (χ3n) is 1.45. The lowest BCUT2D eigenvalue weighted by atomic mass is 10.2. The van der Waals surface area contributed by atoms with Gasteiger partial charge in [-0.05, 0) is 13.0 Å². The van der Waals surface area contributed by atoms with Crippen molar-refractivity contribution in [3.8, 4) is 5.75 Å². The van der Waals surface area contributed by atoms with Gasteiger partial charge in [0, 0.05) is 0 Å². The number of carbonyl (C=O) groups excluding carboxylic acids is 1. The van der Waals surface area contributed by atoms with E-state index in [0.717, 1.165) is 0 Å². The van der Waals surface area contributed by atoms with Crippen LogP contribution >= 0.6 is 0 Å². The van der Waals surface area contributed by atoms with Crippen molar-refractivity contribution in [2.24, 2.45) is 5.73 Å². The number of pyridine rings is 1. The fourth-order valence-electron chi connectivity index (χ4n) is 0.922. The summed E-state index contributed by atoms with van der Waals surface area (Å²) >= 11 is 0. The van der Waals surface area contributed by atoms with Crippen molar-refractivity contribution in [2.45, 2.75) is 6.92 Å². The molecule has 0 spiro atoms. The number of hydrogen-bond donors (Lipinski definition) is 2. The summed E-state index contributed by atoms with van der Waals surface area (Å²) in [6.07, 6.45) is 1.39. The molecule has 1 amide bonds. The number of rotatable bonds is 3. The SMILES string of the molecule is CCOc1cnc(N)cc1C(N)=O. The molecule has 4 N–H and O–H groups in total. The highest BCUT2D eigenvalue weighted by Crippen LogP contribution is 2.18. The number of carbonyl (C=O) groups is 1. The van der Waals surface area contributed by atoms with E-state index in [1.807, 2.05) is 0 Å². The molecule has 0 atom stereocenters. The lowest BCUT2D eigenvalue weighted by molar-refractivity contribution is 0.0996. The Morgan fingerprint density at radius 3 is 2.92 bits per heavy atom. The lowest BCUT2D eigenvalue weighted by Gasteiger charge is -2.06. The molecule has 1 rings (SSSR count). The largest absolute Gasteiger partial charge is 0.491 e. The minimum absolute atomic E-state index is 0.247. The Hall–Kier alpha value is -1.78. The van der Waals surface area contributed by atoms with Gasteiger partial charge in [0.25, 0.3) is 5.91 Å². The zero-order valence-corrected chi connectivity index (χ0v) is 7.28. The Morgan fingerprint density at radius 1 is 1.69 bits per heavy atom. The van der Waals surface area contributed by atoms with Crippen LogP contribution in [-0.2, 0) is 0 Å². The molecular formula is C8H11N3O2. The van der Waals surface area contributed by atoms with Gasteiger partial charge in [0.15, 0.2) is 0 Å². The van der Waals surface area contributed by atoms with Crippen molar-refractivity contribution in [3.63, 3.8) is 0 Å². The van der Waals surface area contributed by atoms with E-state index in [9.17, 15) is 4.79 Å². The predicted octanol–water partition coefficient (Wildman–Crippen LogP) is 0.161. The maximum Gasteiger partial charge on any atom is 0.252 e. The number of aromatic nitrogens is 1. The van der Waals surface area contributed by atoms with Crippen LogP contribution in [0.25, 0.3) is 0 Å². The molecule has 5 nitrogen and oxygen atoms in total. The van der Waals surface area contributed by atoms with E-state index in [1.165, 1.54) is 12.3 Å². The molecular weight excluding hydrogens is 170 g/mol. The van der Waals surface area contributed by atoms with E-state index in [-0.39, 0.29) is 11.4 Å². The first-order valence-electron chi connectivity index (χ1n) is 3.83. The standard InChI is InChI=1S/C8H11N3O2/c1-2-13-6-4-11-7(9)3-5(6)8(10)12/h3-4H,2H2,1H3,(H2,9,11)(H2,10,12). The molecule has 0 unspecified atom stereocenters. The van der Waals surface area contributed by atoms with Crippen molar-refractivity contribution < 1.29 is 9.53 Å². The highest BCUT2D eigenvalue weighted by molar-refractivity contribution is 5.96. The number of ether oxygens (including phenoxy) is 1. The Bertz CT molecular complexity index is 325. The first kappa shape index (κ1) is 9.31. The van der Waals surface area contributed by atoms with E-state index in [4.69, 9.17) is 16.2 Å². The first-order valence-corrected chi connectivity index (χ1v) is 3.83. The number of nitrogens with zero attached hydrogens (tertiary/aromatic N) is 1. The Labute approximate surface area is 75.7 Å². The molecule has 0 saturated heterocycles. The van der Waals surface area contributed by atoms with Crippen LogP contribution < -0.4 is 16.2 Å². The van der Waals surface area contributed by atoms with Gasteiger partial charge in [-0.2, -0.15) is 0 Å². The normalized spacial score (nSPS) is 9.62. The number of amides is 1. The molecule has 1 heterocycles. The molecule has 1 aromatic rings. The fourth-order valence-corrected chi connectivity index (χ4v) is 0.922. The van der Waals surface area contributed by atoms with Gasteiger partial charge in [0.1, 0.15) is 11.6 Å². The molecule has 5 heteroatoms. The molecule has 0 aliphatic rings. The van der Waals surface area contributed by atoms with Gasteiger partial charge in [-0.1, -0.05) is 0 Å². The molecule has 0 fully saturated rings. The third-order valence-corrected chi connectivity index (χ3v) is 1.45. The predicted molar refractivity (Wildman–Crippen MR) is 48.3 cm³/mol. The summed E-state index contributed by atoms with van der Waals surface area (Å²) in [6.45, 7) is 2.26. The number of anilines is 1. The summed E-state index contributed by atoms with van der Waals surface area (Å²) in [5.74, 6) is 0.0407. The highest BCUT2D eigenvalue weighted by Gasteiger charge is 2.09. The Kier molecular flexibility index (Phi) is 2.69. The quantitative estimate of drug-likeness (QED) is 0.694. The zero-order valence-electron chi connectivity index (χ0n) is 7.28. The van der Waals surface area contributed by atoms with Crippen molar-refractivity contribution >= 4 is 11.7 Å². The second-order valence-corrected chi connectivity index (χ2v) is 2.40. The second-order valence-electron chi connectivity index (χ2n) is 2.40. The Morgan fingerprint density at radius 2 is 2.38 bits per heavy atom. The summed E-state index contributed by atoms with van der Waals surface area (Å²) in [5.41, 5.74) is 10.8. The monoisotopic (exact) mass is 181 g/mol. The van der Waals surface area contributed by atoms with E-state index in [2.05, 4.69) is 4.98 Å². The van der Waals surface area contributed by atoms with Crippen LogP contribution in [-0.4, -0.2) is 17.5 Å². The van der Waals surface area contributed by atoms with E-state index < -0.39 is 5.91 Å². The lowest BCUT2D eigenvalue weighted by Crippen LogP contribution is -2.14. The maximum atomic E-state index is 10.9. The summed E-state index contributed by atoms with van der Waals surface area (Å²) in [6, 6.07) is 1.40. The van der Waals surface area contributed by atoms with Gasteiger partial charge < -0.3 is 16.2 Å². The molecule has 1 aromatic heterocycles. The smallest absolute Gasteiger partial charge is 0.252 e. The molecule has 13 heavy (non-hydrogen) atoms. The van der Waals surface area contributed by atoms with E-state index in [1.54, 1.807) is 6.92 Å². The average molecular weight is 181 g/mol. The van der Waals surface area contributed by atoms with Crippen LogP contribution in [0.4, 0.5) is 5.82 Å². The number of primary amides is 1. The van der Waals surface area contributed by atoms with Crippen LogP contribution in [0.2, 0.25) is 0 Å². The summed E-state index contributed by atoms with van der Waals surface area (Å²) < 4.78 is 5.13. The van der Waals surface area contributed by atoms with E-state index >= 15 is 0 Å². The summed E-state index contributed by atoms with van der Waals surface area (Å²) in [5, 5.41) is 0. The molecule has 0 aliphatic carbocycles. The maximum absolute atomic E-state index is 10.9. The van der Waals surface area contributed by atoms with Crippen molar-refractivity contribution in [1.82, 2.24) is 4.98 Å². The second kappa shape index (κ2) is 3.75. The molecule has 0 bridgehead atoms. The topological polar surface area (TPSA) is 91.2 Å². The number of nitrogens with two attached hydrogens (primary N) is 2. The first-order chi connectivity index (χ1) is 6.15. The van der Waals surface area contributed by atoms with Crippen LogP contribution in [0.3, 0.4) is 0 Å². The molecule has 0 aromatic carbocycles. The molecule has 0 aliphatic heterocycles. The minimum atomic E-state index is -0.572. The van der Waals surface area contributed by atoms with Crippen molar-refractivity contribution in [1.29, 1.82) is 0 Å². The minimum Gasteiger partial charge on any atom is -0.491 e. The average Bonchev–Trinajstić information content (AvgIpc) is 2.08. The van der Waals surface area contributed by atoms with E-state index in [0.29, 0.717) is 12.4 Å². The van der Waals surface area contributed by atoms with Crippen molar-refractivity contribution in [3.05, 3.63) is 17.8 Å². The molecule has 0 saturated carbocycles. The van der Waals surface area contributed by atoms with Gasteiger partial charge in [0.2, 0.25) is 0 Å². The van der Waals surface area contributed by atoms with Gasteiger partial charge in [0.05, 0.1) is 18.4 Å². The van der Waals surface area contributed by atoms with Crippen LogP contribution in [0.1, 0.15) is 17.3 Å². The highest BCUT2D eigenvalue weighted by atomic mass is 16.5. The fraction of sp³-hybridized carbons (Fsp3) is 0.250. The van der Waals surface area contributed by atoms with Crippen LogP contribution in [0.15, 0.2) is 12.3 Å². The van der Waals surface area contributed by atoms with Gasteiger partial charge >= 0.3 is 0 Å². The molecule has 0 radical (unpaired) electrons. The number of hydrogen-bond acceptors (Lipinski definition) is 4. The summed E-state index contributed by atoms with van der Waals surface area (Å²) in [7, 11) is 0. The van der Waals surface area contributed by atoms with Gasteiger partial charge in [-0.15, -0.1) is 0 Å². The third kappa shape index (κ3) is 2.08. The molecule has 70 valence electrons. The van der Waals surface area contributed by atoms with Gasteiger partial charge in [-0.3, -0.25) is 4.79 Å². The zero-order chi connectivity index (χ0) is 9.84. The van der Waals surface area contributed by atoms with Gasteiger partial charge in [-0.25, -0.2) is 4.98 Å².